The molecule has 0 saturated carbocycles. The van der Waals surface area contributed by atoms with Crippen LogP contribution in [-0.4, -0.2) is 13.3 Å². The summed E-state index contributed by atoms with van der Waals surface area (Å²) < 4.78 is 54.4. The molecule has 0 saturated heterocycles. The van der Waals surface area contributed by atoms with Gasteiger partial charge in [-0.25, -0.2) is 4.39 Å². The van der Waals surface area contributed by atoms with Crippen LogP contribution in [0.15, 0.2) is 18.2 Å². The summed E-state index contributed by atoms with van der Waals surface area (Å²) in [4.78, 5) is 0. The van der Waals surface area contributed by atoms with E-state index >= 15 is 0 Å². The number of hydrogen-bond acceptors (Lipinski definition) is 2. The van der Waals surface area contributed by atoms with E-state index in [0.29, 0.717) is 0 Å². The smallest absolute Gasteiger partial charge is 0.407 e. The van der Waals surface area contributed by atoms with Crippen LogP contribution < -0.4 is 10.5 Å². The molecule has 0 aliphatic rings. The highest BCUT2D eigenvalue weighted by Crippen LogP contribution is 2.36. The van der Waals surface area contributed by atoms with Gasteiger partial charge in [-0.2, -0.15) is 13.2 Å². The molecule has 92 valence electrons. The van der Waals surface area contributed by atoms with Crippen molar-refractivity contribution in [3.05, 3.63) is 29.6 Å². The molecule has 0 aliphatic heterocycles. The lowest BCUT2D eigenvalue weighted by Crippen LogP contribution is -2.29. The first kappa shape index (κ1) is 15.0. The Morgan fingerprint density at radius 2 is 1.88 bits per heavy atom. The van der Waals surface area contributed by atoms with Gasteiger partial charge in [0, 0.05) is 5.56 Å². The van der Waals surface area contributed by atoms with Crippen LogP contribution in [0.3, 0.4) is 0 Å². The van der Waals surface area contributed by atoms with E-state index in [0.717, 1.165) is 25.3 Å². The van der Waals surface area contributed by atoms with Crippen LogP contribution in [0.5, 0.6) is 5.75 Å². The monoisotopic (exact) mass is 259 g/mol. The van der Waals surface area contributed by atoms with Gasteiger partial charge in [-0.1, -0.05) is 12.1 Å². The Balaban J connectivity index is 0.00000225. The standard InChI is InChI=1S/C9H9F4NO.ClH/c1-15-7-5(3-2-4-6(7)10)8(14)9(11,12)13;/h2-4,8H,14H2,1H3;1H/t8-;/m1./s1. The van der Waals surface area contributed by atoms with E-state index in [-0.39, 0.29) is 12.4 Å². The van der Waals surface area contributed by atoms with Crippen molar-refractivity contribution in [2.75, 3.05) is 7.11 Å². The summed E-state index contributed by atoms with van der Waals surface area (Å²) in [6.45, 7) is 0. The average molecular weight is 260 g/mol. The zero-order chi connectivity index (χ0) is 11.6. The highest BCUT2D eigenvalue weighted by molar-refractivity contribution is 5.85. The third-order valence-electron chi connectivity index (χ3n) is 1.89. The van der Waals surface area contributed by atoms with Gasteiger partial charge in [0.25, 0.3) is 0 Å². The molecule has 0 radical (unpaired) electrons. The minimum absolute atomic E-state index is 0. The van der Waals surface area contributed by atoms with E-state index in [1.54, 1.807) is 0 Å². The fourth-order valence-electron chi connectivity index (χ4n) is 1.16. The molecule has 16 heavy (non-hydrogen) atoms. The van der Waals surface area contributed by atoms with Gasteiger partial charge < -0.3 is 10.5 Å². The third kappa shape index (κ3) is 2.99. The Morgan fingerprint density at radius 3 is 2.31 bits per heavy atom. The first-order valence-electron chi connectivity index (χ1n) is 4.02. The van der Waals surface area contributed by atoms with Crippen molar-refractivity contribution in [3.63, 3.8) is 0 Å². The van der Waals surface area contributed by atoms with E-state index < -0.39 is 29.3 Å². The quantitative estimate of drug-likeness (QED) is 0.829. The van der Waals surface area contributed by atoms with E-state index in [1.807, 2.05) is 0 Å². The van der Waals surface area contributed by atoms with Crippen LogP contribution in [0.2, 0.25) is 0 Å². The summed E-state index contributed by atoms with van der Waals surface area (Å²) in [5.41, 5.74) is 4.53. The Hall–Kier alpha value is -1.01. The molecule has 0 unspecified atom stereocenters. The number of alkyl halides is 3. The predicted octanol–water partition coefficient (Wildman–Crippen LogP) is 2.82. The Kier molecular flexibility index (Phi) is 5.02. The Labute approximate surface area is 95.8 Å². The summed E-state index contributed by atoms with van der Waals surface area (Å²) in [7, 11) is 1.09. The molecule has 1 aromatic rings. The lowest BCUT2D eigenvalue weighted by atomic mass is 10.1. The van der Waals surface area contributed by atoms with Crippen molar-refractivity contribution in [1.29, 1.82) is 0 Å². The normalized spacial score (nSPS) is 12.9. The minimum atomic E-state index is -4.62. The molecule has 1 rings (SSSR count). The molecule has 2 nitrogen and oxygen atoms in total. The van der Waals surface area contributed by atoms with Gasteiger partial charge in [-0.3, -0.25) is 0 Å². The van der Waals surface area contributed by atoms with Crippen molar-refractivity contribution in [1.82, 2.24) is 0 Å². The summed E-state index contributed by atoms with van der Waals surface area (Å²) >= 11 is 0. The maximum Gasteiger partial charge on any atom is 0.407 e. The number of methoxy groups -OCH3 is 1. The second kappa shape index (κ2) is 5.36. The zero-order valence-corrected chi connectivity index (χ0v) is 9.03. The summed E-state index contributed by atoms with van der Waals surface area (Å²) in [6.07, 6.45) is -4.62. The molecule has 0 heterocycles. The van der Waals surface area contributed by atoms with Crippen LogP contribution in [0.25, 0.3) is 0 Å². The van der Waals surface area contributed by atoms with Gasteiger partial charge in [-0.15, -0.1) is 12.4 Å². The number of halogens is 5. The van der Waals surface area contributed by atoms with Crippen LogP contribution in [0.1, 0.15) is 11.6 Å². The predicted molar refractivity (Wildman–Crippen MR) is 53.2 cm³/mol. The number of hydrogen-bond donors (Lipinski definition) is 1. The molecular weight excluding hydrogens is 250 g/mol. The summed E-state index contributed by atoms with van der Waals surface area (Å²) in [5, 5.41) is 0. The fraction of sp³-hybridized carbons (Fsp3) is 0.333. The molecular formula is C9H10ClF4NO. The number of ether oxygens (including phenoxy) is 1. The number of rotatable bonds is 2. The Bertz CT molecular complexity index is 356. The van der Waals surface area contributed by atoms with Gasteiger partial charge in [0.15, 0.2) is 11.6 Å². The average Bonchev–Trinajstić information content (AvgIpc) is 2.14. The maximum absolute atomic E-state index is 13.1. The lowest BCUT2D eigenvalue weighted by Gasteiger charge is -2.18. The van der Waals surface area contributed by atoms with Gasteiger partial charge in [0.2, 0.25) is 0 Å². The molecule has 0 fully saturated rings. The minimum Gasteiger partial charge on any atom is -0.493 e. The maximum atomic E-state index is 13.1. The number of para-hydroxylation sites is 1. The van der Waals surface area contributed by atoms with E-state index in [2.05, 4.69) is 4.74 Å². The largest absolute Gasteiger partial charge is 0.493 e. The van der Waals surface area contributed by atoms with Crippen LogP contribution >= 0.6 is 12.4 Å². The summed E-state index contributed by atoms with van der Waals surface area (Å²) in [5.74, 6) is -1.34. The molecule has 0 aliphatic carbocycles. The molecule has 2 N–H and O–H groups in total. The molecule has 0 bridgehead atoms. The van der Waals surface area contributed by atoms with Crippen LogP contribution in [0.4, 0.5) is 17.6 Å². The topological polar surface area (TPSA) is 35.2 Å². The van der Waals surface area contributed by atoms with Crippen molar-refractivity contribution in [2.24, 2.45) is 5.73 Å². The second-order valence-corrected chi connectivity index (χ2v) is 2.88. The SMILES string of the molecule is COc1c(F)cccc1[C@@H](N)C(F)(F)F.Cl. The van der Waals surface area contributed by atoms with Crippen molar-refractivity contribution < 1.29 is 22.3 Å². The number of nitrogens with two attached hydrogens (primary N) is 1. The zero-order valence-electron chi connectivity index (χ0n) is 8.22. The molecule has 0 amide bonds. The fourth-order valence-corrected chi connectivity index (χ4v) is 1.16. The molecule has 7 heteroatoms. The molecule has 1 aromatic carbocycles. The van der Waals surface area contributed by atoms with Gasteiger partial charge >= 0.3 is 6.18 Å². The summed E-state index contributed by atoms with van der Waals surface area (Å²) in [6, 6.07) is 0.993. The molecule has 0 spiro atoms. The van der Waals surface area contributed by atoms with Crippen LogP contribution in [-0.2, 0) is 0 Å². The molecule has 0 aromatic heterocycles. The van der Waals surface area contributed by atoms with Crippen LogP contribution in [0, 0.1) is 5.82 Å². The van der Waals surface area contributed by atoms with Gasteiger partial charge in [0.1, 0.15) is 6.04 Å². The van der Waals surface area contributed by atoms with Gasteiger partial charge in [-0.05, 0) is 6.07 Å². The third-order valence-corrected chi connectivity index (χ3v) is 1.89. The van der Waals surface area contributed by atoms with E-state index in [9.17, 15) is 17.6 Å². The highest BCUT2D eigenvalue weighted by Gasteiger charge is 2.39. The highest BCUT2D eigenvalue weighted by atomic mass is 35.5. The first-order chi connectivity index (χ1) is 6.88. The second-order valence-electron chi connectivity index (χ2n) is 2.88. The van der Waals surface area contributed by atoms with Crippen molar-refractivity contribution >= 4 is 12.4 Å². The first-order valence-corrected chi connectivity index (χ1v) is 4.02. The molecule has 1 atom stereocenters. The van der Waals surface area contributed by atoms with Crippen molar-refractivity contribution in [3.8, 4) is 5.75 Å². The number of benzene rings is 1. The lowest BCUT2D eigenvalue weighted by molar-refractivity contribution is -0.149. The van der Waals surface area contributed by atoms with E-state index in [4.69, 9.17) is 5.73 Å². The van der Waals surface area contributed by atoms with Gasteiger partial charge in [0.05, 0.1) is 7.11 Å². The van der Waals surface area contributed by atoms with E-state index in [1.165, 1.54) is 0 Å². The van der Waals surface area contributed by atoms with Crippen molar-refractivity contribution in [2.45, 2.75) is 12.2 Å². The Morgan fingerprint density at radius 1 is 1.31 bits per heavy atom.